The average Bonchev–Trinajstić information content (AvgIpc) is 2.91. The smallest absolute Gasteiger partial charge is 0.148 e. The maximum absolute atomic E-state index is 9.22. The zero-order chi connectivity index (χ0) is 13.6. The predicted octanol–water partition coefficient (Wildman–Crippen LogP) is 1.69. The molecular weight excluding hydrogens is 312 g/mol. The van der Waals surface area contributed by atoms with Crippen molar-refractivity contribution in [3.8, 4) is 0 Å². The Morgan fingerprint density at radius 3 is 3.05 bits per heavy atom. The van der Waals surface area contributed by atoms with Gasteiger partial charge in [-0.25, -0.2) is 9.97 Å². The van der Waals surface area contributed by atoms with Crippen LogP contribution in [0, 0.1) is 5.92 Å². The molecule has 7 heteroatoms. The molecule has 0 saturated carbocycles. The van der Waals surface area contributed by atoms with E-state index >= 15 is 0 Å². The van der Waals surface area contributed by atoms with Gasteiger partial charge in [0.2, 0.25) is 0 Å². The van der Waals surface area contributed by atoms with Gasteiger partial charge in [-0.1, -0.05) is 6.92 Å². The van der Waals surface area contributed by atoms with Crippen LogP contribution in [0.25, 0.3) is 11.0 Å². The molecule has 1 aliphatic heterocycles. The van der Waals surface area contributed by atoms with Gasteiger partial charge in [0.15, 0.2) is 0 Å². The summed E-state index contributed by atoms with van der Waals surface area (Å²) in [5.74, 6) is 0.746. The van der Waals surface area contributed by atoms with Gasteiger partial charge >= 0.3 is 0 Å². The van der Waals surface area contributed by atoms with Gasteiger partial charge in [0.25, 0.3) is 0 Å². The first kappa shape index (κ1) is 12.8. The lowest BCUT2D eigenvalue weighted by atomic mass is 10.1. The molecule has 3 rings (SSSR count). The SMILES string of the molecule is C[C@H]1C[C@@H](CO)O[C@H]1n1cc(Br)c2c(N)ncnc21. The Kier molecular flexibility index (Phi) is 3.20. The van der Waals surface area contributed by atoms with Crippen molar-refractivity contribution < 1.29 is 9.84 Å². The highest BCUT2D eigenvalue weighted by Gasteiger charge is 2.34. The molecule has 3 N–H and O–H groups in total. The molecule has 0 aliphatic carbocycles. The third-order valence-electron chi connectivity index (χ3n) is 3.52. The van der Waals surface area contributed by atoms with E-state index in [4.69, 9.17) is 10.5 Å². The third-order valence-corrected chi connectivity index (χ3v) is 4.12. The Labute approximate surface area is 118 Å². The molecule has 102 valence electrons. The van der Waals surface area contributed by atoms with Crippen LogP contribution in [0.5, 0.6) is 0 Å². The van der Waals surface area contributed by atoms with E-state index in [1.807, 2.05) is 10.8 Å². The quantitative estimate of drug-likeness (QED) is 0.877. The number of aromatic nitrogens is 3. The fraction of sp³-hybridized carbons (Fsp3) is 0.500. The van der Waals surface area contributed by atoms with Gasteiger partial charge < -0.3 is 20.1 Å². The lowest BCUT2D eigenvalue weighted by molar-refractivity contribution is -0.0292. The number of nitrogens with zero attached hydrogens (tertiary/aromatic N) is 3. The fourth-order valence-electron chi connectivity index (χ4n) is 2.63. The summed E-state index contributed by atoms with van der Waals surface area (Å²) in [7, 11) is 0. The number of fused-ring (bicyclic) bond motifs is 1. The van der Waals surface area contributed by atoms with Gasteiger partial charge in [-0.3, -0.25) is 0 Å². The van der Waals surface area contributed by atoms with Crippen molar-refractivity contribution in [1.82, 2.24) is 14.5 Å². The molecule has 0 bridgehead atoms. The molecule has 0 amide bonds. The number of nitrogens with two attached hydrogens (primary N) is 1. The molecule has 6 nitrogen and oxygen atoms in total. The van der Waals surface area contributed by atoms with Gasteiger partial charge in [0, 0.05) is 16.6 Å². The normalized spacial score (nSPS) is 27.2. The number of aliphatic hydroxyl groups excluding tert-OH is 1. The van der Waals surface area contributed by atoms with Crippen molar-refractivity contribution in [2.45, 2.75) is 25.7 Å². The minimum atomic E-state index is -0.139. The molecule has 0 radical (unpaired) electrons. The lowest BCUT2D eigenvalue weighted by Crippen LogP contribution is -2.15. The number of halogens is 1. The van der Waals surface area contributed by atoms with E-state index in [0.717, 1.165) is 21.9 Å². The maximum atomic E-state index is 9.22. The van der Waals surface area contributed by atoms with E-state index in [0.29, 0.717) is 11.7 Å². The monoisotopic (exact) mass is 326 g/mol. The van der Waals surface area contributed by atoms with Crippen molar-refractivity contribution >= 4 is 32.8 Å². The number of aliphatic hydroxyl groups is 1. The topological polar surface area (TPSA) is 86.2 Å². The Balaban J connectivity index is 2.09. The second-order valence-electron chi connectivity index (χ2n) is 4.89. The molecule has 3 atom stereocenters. The maximum Gasteiger partial charge on any atom is 0.148 e. The number of anilines is 1. The fourth-order valence-corrected chi connectivity index (χ4v) is 3.23. The van der Waals surface area contributed by atoms with Gasteiger partial charge in [-0.15, -0.1) is 0 Å². The molecular formula is C12H15BrN4O2. The first-order valence-electron chi connectivity index (χ1n) is 6.14. The van der Waals surface area contributed by atoms with Gasteiger partial charge in [0.1, 0.15) is 24.0 Å². The molecule has 2 aromatic rings. The van der Waals surface area contributed by atoms with E-state index in [1.54, 1.807) is 0 Å². The Bertz CT molecular complexity index is 615. The molecule has 2 aromatic heterocycles. The summed E-state index contributed by atoms with van der Waals surface area (Å²) >= 11 is 3.48. The number of rotatable bonds is 2. The first-order chi connectivity index (χ1) is 9.11. The zero-order valence-corrected chi connectivity index (χ0v) is 12.0. The van der Waals surface area contributed by atoms with E-state index in [2.05, 4.69) is 32.8 Å². The van der Waals surface area contributed by atoms with Crippen molar-refractivity contribution in [2.24, 2.45) is 5.92 Å². The number of hydrogen-bond donors (Lipinski definition) is 2. The summed E-state index contributed by atoms with van der Waals surface area (Å²) in [5.41, 5.74) is 6.63. The predicted molar refractivity (Wildman–Crippen MR) is 74.4 cm³/mol. The number of ether oxygens (including phenoxy) is 1. The lowest BCUT2D eigenvalue weighted by Gasteiger charge is -2.17. The van der Waals surface area contributed by atoms with Crippen molar-refractivity contribution in [2.75, 3.05) is 12.3 Å². The van der Waals surface area contributed by atoms with Crippen LogP contribution in [-0.4, -0.2) is 32.4 Å². The van der Waals surface area contributed by atoms with Gasteiger partial charge in [-0.05, 0) is 22.4 Å². The third kappa shape index (κ3) is 2.01. The van der Waals surface area contributed by atoms with E-state index in [9.17, 15) is 5.11 Å². The average molecular weight is 327 g/mol. The summed E-state index contributed by atoms with van der Waals surface area (Å²) in [6, 6.07) is 0. The largest absolute Gasteiger partial charge is 0.394 e. The van der Waals surface area contributed by atoms with Crippen molar-refractivity contribution in [1.29, 1.82) is 0 Å². The van der Waals surface area contributed by atoms with E-state index in [-0.39, 0.29) is 18.9 Å². The second kappa shape index (κ2) is 4.73. The van der Waals surface area contributed by atoms with Crippen molar-refractivity contribution in [3.05, 3.63) is 17.0 Å². The highest BCUT2D eigenvalue weighted by Crippen LogP contribution is 2.38. The first-order valence-corrected chi connectivity index (χ1v) is 6.94. The zero-order valence-electron chi connectivity index (χ0n) is 10.5. The molecule has 0 spiro atoms. The van der Waals surface area contributed by atoms with E-state index < -0.39 is 0 Å². The summed E-state index contributed by atoms with van der Waals surface area (Å²) < 4.78 is 8.67. The molecule has 1 fully saturated rings. The Morgan fingerprint density at radius 2 is 2.37 bits per heavy atom. The molecule has 0 aromatic carbocycles. The summed E-state index contributed by atoms with van der Waals surface area (Å²) in [6.45, 7) is 2.14. The van der Waals surface area contributed by atoms with Crippen LogP contribution in [0.1, 0.15) is 19.6 Å². The summed E-state index contributed by atoms with van der Waals surface area (Å²) in [4.78, 5) is 8.29. The van der Waals surface area contributed by atoms with Gasteiger partial charge in [-0.2, -0.15) is 0 Å². The van der Waals surface area contributed by atoms with Crippen LogP contribution in [0.2, 0.25) is 0 Å². The van der Waals surface area contributed by atoms with Crippen molar-refractivity contribution in [3.63, 3.8) is 0 Å². The highest BCUT2D eigenvalue weighted by molar-refractivity contribution is 9.10. The molecule has 1 saturated heterocycles. The molecule has 1 aliphatic rings. The second-order valence-corrected chi connectivity index (χ2v) is 5.74. The summed E-state index contributed by atoms with van der Waals surface area (Å²) in [6.07, 6.45) is 3.94. The van der Waals surface area contributed by atoms with Gasteiger partial charge in [0.05, 0.1) is 18.1 Å². The standard InChI is InChI=1S/C12H15BrN4O2/c1-6-2-7(4-18)19-12(6)17-3-8(13)9-10(14)15-5-16-11(9)17/h3,5-7,12,18H,2,4H2,1H3,(H2,14,15,16)/t6-,7-,12+/m0/s1. The highest BCUT2D eigenvalue weighted by atomic mass is 79.9. The Morgan fingerprint density at radius 1 is 1.58 bits per heavy atom. The van der Waals surface area contributed by atoms with Crippen LogP contribution in [0.15, 0.2) is 17.0 Å². The van der Waals surface area contributed by atoms with Crippen LogP contribution >= 0.6 is 15.9 Å². The minimum absolute atomic E-state index is 0.0400. The van der Waals surface area contributed by atoms with Crippen LogP contribution in [0.4, 0.5) is 5.82 Å². The number of hydrogen-bond acceptors (Lipinski definition) is 5. The van der Waals surface area contributed by atoms with E-state index in [1.165, 1.54) is 6.33 Å². The summed E-state index contributed by atoms with van der Waals surface area (Å²) in [5, 5.41) is 10.0. The van der Waals surface area contributed by atoms with Crippen LogP contribution in [0.3, 0.4) is 0 Å². The Hall–Kier alpha value is -1.18. The molecule has 0 unspecified atom stereocenters. The number of nitrogen functional groups attached to an aromatic ring is 1. The van der Waals surface area contributed by atoms with Crippen LogP contribution in [-0.2, 0) is 4.74 Å². The molecule has 19 heavy (non-hydrogen) atoms. The van der Waals surface area contributed by atoms with Crippen LogP contribution < -0.4 is 5.73 Å². The minimum Gasteiger partial charge on any atom is -0.394 e. The molecule has 3 heterocycles.